The minimum absolute atomic E-state index is 0.0751. The second-order valence-corrected chi connectivity index (χ2v) is 6.61. The van der Waals surface area contributed by atoms with Gasteiger partial charge in [-0.1, -0.05) is 56.3 Å². The Kier molecular flexibility index (Phi) is 4.08. The molecule has 0 aliphatic heterocycles. The van der Waals surface area contributed by atoms with Crippen molar-refractivity contribution in [3.8, 4) is 22.4 Å². The van der Waals surface area contributed by atoms with E-state index in [1.54, 1.807) is 0 Å². The minimum atomic E-state index is -1.34. The van der Waals surface area contributed by atoms with Gasteiger partial charge in [0, 0.05) is 20.4 Å². The van der Waals surface area contributed by atoms with Crippen LogP contribution >= 0.6 is 0 Å². The van der Waals surface area contributed by atoms with E-state index in [4.69, 9.17) is 2.74 Å². The van der Waals surface area contributed by atoms with E-state index in [-0.39, 0.29) is 5.92 Å². The number of hydrogen-bond donors (Lipinski definition) is 0. The normalized spacial score (nSPS) is 12.9. The topological polar surface area (TPSA) is 3.88 Å². The summed E-state index contributed by atoms with van der Waals surface area (Å²) in [6.45, 7) is 5.97. The van der Waals surface area contributed by atoms with Crippen molar-refractivity contribution >= 4 is 0 Å². The highest BCUT2D eigenvalue weighted by Gasteiger charge is 2.13. The summed E-state index contributed by atoms with van der Waals surface area (Å²) in [7, 11) is 2.05. The Hall–Kier alpha value is -2.41. The zero-order valence-electron chi connectivity index (χ0n) is 16.9. The van der Waals surface area contributed by atoms with E-state index >= 15 is 0 Å². The first-order valence-electron chi connectivity index (χ1n) is 9.47. The summed E-state index contributed by atoms with van der Waals surface area (Å²) < 4.78 is 18.9. The number of benzene rings is 2. The van der Waals surface area contributed by atoms with Crippen LogP contribution < -0.4 is 4.57 Å². The maximum atomic E-state index is 8.38. The number of hydrogen-bond acceptors (Lipinski definition) is 0. The third-order valence-corrected chi connectivity index (χ3v) is 4.22. The Balaban J connectivity index is 2.09. The van der Waals surface area contributed by atoms with Crippen LogP contribution in [0.25, 0.3) is 22.4 Å². The van der Waals surface area contributed by atoms with E-state index in [1.807, 2.05) is 32.0 Å². The molecule has 0 N–H and O–H groups in total. The Morgan fingerprint density at radius 2 is 1.71 bits per heavy atom. The summed E-state index contributed by atoms with van der Waals surface area (Å²) in [5.74, 6) is -0.0751. The Bertz CT molecular complexity index is 929. The van der Waals surface area contributed by atoms with Gasteiger partial charge in [-0.15, -0.1) is 0 Å². The Morgan fingerprint density at radius 3 is 2.46 bits per heavy atom. The number of nitrogens with zero attached hydrogens (tertiary/aromatic N) is 1. The number of aryl methyl sites for hydroxylation is 2. The van der Waals surface area contributed by atoms with Crippen molar-refractivity contribution < 1.29 is 7.31 Å². The maximum Gasteiger partial charge on any atom is 0.213 e. The molecule has 0 aliphatic rings. The maximum absolute atomic E-state index is 8.38. The highest BCUT2D eigenvalue weighted by molar-refractivity contribution is 5.70. The minimum Gasteiger partial charge on any atom is -0.201 e. The predicted octanol–water partition coefficient (Wildman–Crippen LogP) is 5.35. The lowest BCUT2D eigenvalue weighted by Crippen LogP contribution is -2.30. The lowest BCUT2D eigenvalue weighted by molar-refractivity contribution is -0.660. The molecule has 0 bridgehead atoms. The van der Waals surface area contributed by atoms with Gasteiger partial charge < -0.3 is 0 Å². The molecular weight excluding hydrogens is 290 g/mol. The zero-order chi connectivity index (χ0) is 18.9. The van der Waals surface area contributed by atoms with Crippen LogP contribution in [-0.4, -0.2) is 0 Å². The molecule has 1 heteroatoms. The molecule has 2 aromatic carbocycles. The van der Waals surface area contributed by atoms with Crippen LogP contribution in [-0.2, 0) is 13.4 Å². The first kappa shape index (κ1) is 14.0. The molecule has 1 nitrogen and oxygen atoms in total. The first-order chi connectivity index (χ1) is 12.3. The Labute approximate surface area is 148 Å². The van der Waals surface area contributed by atoms with E-state index in [9.17, 15) is 0 Å². The van der Waals surface area contributed by atoms with Gasteiger partial charge in [0.15, 0.2) is 6.20 Å². The second-order valence-electron chi connectivity index (χ2n) is 6.61. The summed E-state index contributed by atoms with van der Waals surface area (Å²) >= 11 is 0. The fourth-order valence-electron chi connectivity index (χ4n) is 3.00. The second kappa shape index (κ2) is 7.00. The van der Waals surface area contributed by atoms with Gasteiger partial charge in [0.1, 0.15) is 7.05 Å². The molecule has 0 spiro atoms. The molecule has 3 rings (SSSR count). The van der Waals surface area contributed by atoms with Crippen LogP contribution in [0.2, 0.25) is 0 Å². The van der Waals surface area contributed by atoms with Gasteiger partial charge in [-0.25, -0.2) is 4.57 Å². The smallest absolute Gasteiger partial charge is 0.201 e. The van der Waals surface area contributed by atoms with Crippen molar-refractivity contribution in [2.45, 2.75) is 27.1 Å². The van der Waals surface area contributed by atoms with Gasteiger partial charge in [0.25, 0.3) is 0 Å². The van der Waals surface area contributed by atoms with Crippen LogP contribution in [0.4, 0.5) is 0 Å². The summed E-state index contributed by atoms with van der Waals surface area (Å²) in [5.41, 5.74) is 6.48. The van der Waals surface area contributed by atoms with Gasteiger partial charge in [0.05, 0.1) is 0 Å². The average molecular weight is 318 g/mol. The zero-order valence-corrected chi connectivity index (χ0v) is 14.9. The van der Waals surface area contributed by atoms with Crippen molar-refractivity contribution in [2.75, 3.05) is 0 Å². The van der Waals surface area contributed by atoms with E-state index < -0.39 is 6.37 Å². The van der Waals surface area contributed by atoms with Crippen LogP contribution in [0.15, 0.2) is 66.9 Å². The van der Waals surface area contributed by atoms with Gasteiger partial charge in [0.2, 0.25) is 5.69 Å². The molecule has 1 heterocycles. The lowest BCUT2D eigenvalue weighted by Gasteiger charge is -2.09. The van der Waals surface area contributed by atoms with Crippen molar-refractivity contribution in [2.24, 2.45) is 13.0 Å². The molecule has 0 aliphatic carbocycles. The van der Waals surface area contributed by atoms with Gasteiger partial charge in [-0.3, -0.25) is 0 Å². The van der Waals surface area contributed by atoms with Crippen LogP contribution in [0.5, 0.6) is 0 Å². The number of aromatic nitrogens is 1. The van der Waals surface area contributed by atoms with E-state index in [0.29, 0.717) is 0 Å². The molecule has 122 valence electrons. The SMILES string of the molecule is [2H]C([2H])(c1cccc(-c2cc[n+](C)c(-c3ccccc3C)c2)c1)C(C)C. The standard InChI is InChI=1S/C23H26N/c1-17(2)14-19-9-7-10-20(15-19)21-12-13-24(4)23(16-21)22-11-6-5-8-18(22)3/h5-13,15-17H,14H2,1-4H3/q+1/i14D2. The quantitative estimate of drug-likeness (QED) is 0.571. The first-order valence-corrected chi connectivity index (χ1v) is 8.47. The highest BCUT2D eigenvalue weighted by atomic mass is 14.9. The van der Waals surface area contributed by atoms with Crippen LogP contribution in [0, 0.1) is 12.8 Å². The molecule has 0 saturated carbocycles. The molecule has 3 aromatic rings. The molecule has 0 atom stereocenters. The summed E-state index contributed by atoms with van der Waals surface area (Å²) in [4.78, 5) is 0. The third-order valence-electron chi connectivity index (χ3n) is 4.22. The molecule has 0 unspecified atom stereocenters. The summed E-state index contributed by atoms with van der Waals surface area (Å²) in [6, 6.07) is 20.5. The van der Waals surface area contributed by atoms with Crippen molar-refractivity contribution in [3.63, 3.8) is 0 Å². The average Bonchev–Trinajstić information content (AvgIpc) is 2.63. The van der Waals surface area contributed by atoms with Gasteiger partial charge in [-0.05, 0) is 47.5 Å². The van der Waals surface area contributed by atoms with E-state index in [1.165, 1.54) is 11.1 Å². The number of rotatable bonds is 4. The molecule has 1 aromatic heterocycles. The van der Waals surface area contributed by atoms with Crippen molar-refractivity contribution in [1.82, 2.24) is 0 Å². The van der Waals surface area contributed by atoms with Gasteiger partial charge in [-0.2, -0.15) is 0 Å². The Morgan fingerprint density at radius 1 is 0.958 bits per heavy atom. The fourth-order valence-corrected chi connectivity index (χ4v) is 3.00. The molecule has 0 fully saturated rings. The molecule has 0 saturated heterocycles. The van der Waals surface area contributed by atoms with Crippen LogP contribution in [0.1, 0.15) is 27.7 Å². The lowest BCUT2D eigenvalue weighted by atomic mass is 9.97. The third kappa shape index (κ3) is 3.56. The summed E-state index contributed by atoms with van der Waals surface area (Å²) in [6.07, 6.45) is 0.731. The molecule has 24 heavy (non-hydrogen) atoms. The predicted molar refractivity (Wildman–Crippen MR) is 102 cm³/mol. The fraction of sp³-hybridized carbons (Fsp3) is 0.261. The van der Waals surface area contributed by atoms with E-state index in [2.05, 4.69) is 67.2 Å². The van der Waals surface area contributed by atoms with Crippen molar-refractivity contribution in [1.29, 1.82) is 0 Å². The molecule has 0 radical (unpaired) electrons. The molecular formula is C23H26N+. The van der Waals surface area contributed by atoms with E-state index in [0.717, 1.165) is 22.4 Å². The van der Waals surface area contributed by atoms with Crippen molar-refractivity contribution in [3.05, 3.63) is 78.0 Å². The van der Waals surface area contributed by atoms with Gasteiger partial charge >= 0.3 is 0 Å². The molecule has 0 amide bonds. The largest absolute Gasteiger partial charge is 0.213 e. The summed E-state index contributed by atoms with van der Waals surface area (Å²) in [5, 5.41) is 0. The number of pyridine rings is 1. The van der Waals surface area contributed by atoms with Crippen LogP contribution in [0.3, 0.4) is 0 Å². The monoisotopic (exact) mass is 318 g/mol. The highest BCUT2D eigenvalue weighted by Crippen LogP contribution is 2.26.